The first kappa shape index (κ1) is 10.6. The fraction of sp³-hybridized carbons (Fsp3) is 0.615. The molecular weight excluding hydrogens is 188 g/mol. The van der Waals surface area contributed by atoms with Crippen molar-refractivity contribution in [1.29, 1.82) is 0 Å². The molecule has 0 heterocycles. The van der Waals surface area contributed by atoms with Crippen molar-refractivity contribution < 1.29 is 9.53 Å². The summed E-state index contributed by atoms with van der Waals surface area (Å²) in [4.78, 5) is 12.3. The smallest absolute Gasteiger partial charge is 0.172 e. The molecule has 0 spiro atoms. The van der Waals surface area contributed by atoms with Crippen molar-refractivity contribution in [1.82, 2.24) is 0 Å². The van der Waals surface area contributed by atoms with Gasteiger partial charge in [-0.2, -0.15) is 0 Å². The molecule has 0 N–H and O–H groups in total. The molecule has 15 heavy (non-hydrogen) atoms. The minimum atomic E-state index is -0.633. The van der Waals surface area contributed by atoms with Gasteiger partial charge in [-0.25, -0.2) is 0 Å². The van der Waals surface area contributed by atoms with Crippen LogP contribution >= 0.6 is 0 Å². The number of hydrogen-bond donors (Lipinski definition) is 0. The van der Waals surface area contributed by atoms with Crippen LogP contribution in [-0.4, -0.2) is 18.5 Å². The zero-order valence-electron chi connectivity index (χ0n) is 9.45. The van der Waals surface area contributed by atoms with E-state index < -0.39 is 5.60 Å². The highest BCUT2D eigenvalue weighted by atomic mass is 16.5. The number of carbonyl (C=O) groups is 1. The number of ketones is 1. The number of ether oxygens (including phenoxy) is 1. The highest BCUT2D eigenvalue weighted by Crippen LogP contribution is 2.51. The van der Waals surface area contributed by atoms with Crippen LogP contribution in [0.5, 0.6) is 0 Å². The Morgan fingerprint density at radius 3 is 2.80 bits per heavy atom. The van der Waals surface area contributed by atoms with Crippen LogP contribution in [0.2, 0.25) is 0 Å². The largest absolute Gasteiger partial charge is 0.366 e. The van der Waals surface area contributed by atoms with Gasteiger partial charge in [-0.1, -0.05) is 19.1 Å². The Hall–Kier alpha value is -0.890. The van der Waals surface area contributed by atoms with Crippen molar-refractivity contribution in [2.75, 3.05) is 7.11 Å². The van der Waals surface area contributed by atoms with Crippen LogP contribution in [0, 0.1) is 11.3 Å². The van der Waals surface area contributed by atoms with E-state index in [2.05, 4.69) is 19.6 Å². The predicted molar refractivity (Wildman–Crippen MR) is 59.5 cm³/mol. The van der Waals surface area contributed by atoms with Crippen LogP contribution in [0.25, 0.3) is 0 Å². The SMILES string of the molecule is C=CC[C@@H]1C(=O)[C@]2(OC)C=C[C@@]1(C)CC2. The molecule has 2 nitrogen and oxygen atoms in total. The number of carbonyl (C=O) groups excluding carboxylic acids is 1. The highest BCUT2D eigenvalue weighted by Gasteiger charge is 2.54. The fourth-order valence-electron chi connectivity index (χ4n) is 2.85. The van der Waals surface area contributed by atoms with Gasteiger partial charge in [0.25, 0.3) is 0 Å². The third kappa shape index (κ3) is 1.31. The van der Waals surface area contributed by atoms with E-state index in [-0.39, 0.29) is 17.1 Å². The maximum Gasteiger partial charge on any atom is 0.172 e. The van der Waals surface area contributed by atoms with E-state index in [1.165, 1.54) is 0 Å². The van der Waals surface area contributed by atoms with Crippen molar-refractivity contribution in [3.63, 3.8) is 0 Å². The summed E-state index contributed by atoms with van der Waals surface area (Å²) in [7, 11) is 1.63. The summed E-state index contributed by atoms with van der Waals surface area (Å²) >= 11 is 0. The Kier molecular flexibility index (Phi) is 2.34. The summed E-state index contributed by atoms with van der Waals surface area (Å²) in [6.45, 7) is 5.90. The second-order valence-electron chi connectivity index (χ2n) is 4.87. The van der Waals surface area contributed by atoms with Gasteiger partial charge in [0.05, 0.1) is 0 Å². The molecule has 0 aromatic heterocycles. The molecular formula is C13H18O2. The molecule has 82 valence electrons. The lowest BCUT2D eigenvalue weighted by molar-refractivity contribution is -0.152. The lowest BCUT2D eigenvalue weighted by Crippen LogP contribution is -2.55. The maximum atomic E-state index is 12.3. The molecule has 2 heteroatoms. The van der Waals surface area contributed by atoms with Gasteiger partial charge in [0, 0.05) is 13.0 Å². The molecule has 0 unspecified atom stereocenters. The number of Topliss-reactive ketones (excluding diaryl/α,β-unsaturated/α-hetero) is 1. The topological polar surface area (TPSA) is 26.3 Å². The monoisotopic (exact) mass is 206 g/mol. The average Bonchev–Trinajstić information content (AvgIpc) is 2.25. The van der Waals surface area contributed by atoms with Crippen molar-refractivity contribution in [3.8, 4) is 0 Å². The van der Waals surface area contributed by atoms with Crippen molar-refractivity contribution in [2.24, 2.45) is 11.3 Å². The summed E-state index contributed by atoms with van der Waals surface area (Å²) in [6.07, 6.45) is 8.56. The van der Waals surface area contributed by atoms with Gasteiger partial charge < -0.3 is 4.74 Å². The van der Waals surface area contributed by atoms with Gasteiger partial charge in [0.15, 0.2) is 5.78 Å². The number of rotatable bonds is 3. The molecule has 0 saturated heterocycles. The van der Waals surface area contributed by atoms with Crippen LogP contribution in [0.3, 0.4) is 0 Å². The van der Waals surface area contributed by atoms with Crippen LogP contribution in [0.15, 0.2) is 24.8 Å². The zero-order valence-corrected chi connectivity index (χ0v) is 9.45. The third-order valence-electron chi connectivity index (χ3n) is 4.06. The molecule has 3 aliphatic carbocycles. The lowest BCUT2D eigenvalue weighted by atomic mass is 9.56. The minimum absolute atomic E-state index is 0.0194. The first-order chi connectivity index (χ1) is 7.08. The zero-order chi connectivity index (χ0) is 11.1. The second-order valence-corrected chi connectivity index (χ2v) is 4.87. The molecule has 3 atom stereocenters. The molecule has 0 aromatic carbocycles. The average molecular weight is 206 g/mol. The van der Waals surface area contributed by atoms with Gasteiger partial charge in [-0.3, -0.25) is 4.79 Å². The molecule has 0 aliphatic heterocycles. The summed E-state index contributed by atoms with van der Waals surface area (Å²) in [5.74, 6) is 0.287. The van der Waals surface area contributed by atoms with E-state index in [9.17, 15) is 4.79 Å². The van der Waals surface area contributed by atoms with Crippen LogP contribution < -0.4 is 0 Å². The Labute approximate surface area is 91.0 Å². The predicted octanol–water partition coefficient (Wildman–Crippen LogP) is 2.50. The van der Waals surface area contributed by atoms with E-state index in [0.29, 0.717) is 0 Å². The molecule has 0 radical (unpaired) electrons. The highest BCUT2D eigenvalue weighted by molar-refractivity contribution is 5.94. The first-order valence-corrected chi connectivity index (χ1v) is 5.49. The van der Waals surface area contributed by atoms with Crippen molar-refractivity contribution in [3.05, 3.63) is 24.8 Å². The molecule has 0 amide bonds. The Morgan fingerprint density at radius 2 is 2.33 bits per heavy atom. The van der Waals surface area contributed by atoms with Crippen molar-refractivity contribution in [2.45, 2.75) is 31.8 Å². The van der Waals surface area contributed by atoms with Crippen LogP contribution in [0.4, 0.5) is 0 Å². The van der Waals surface area contributed by atoms with Gasteiger partial charge in [0.2, 0.25) is 0 Å². The molecule has 1 saturated carbocycles. The quantitative estimate of drug-likeness (QED) is 0.663. The summed E-state index contributed by atoms with van der Waals surface area (Å²) in [6, 6.07) is 0. The number of methoxy groups -OCH3 is 1. The summed E-state index contributed by atoms with van der Waals surface area (Å²) in [5, 5.41) is 0. The standard InChI is InChI=1S/C13H18O2/c1-4-5-10-11(14)13(15-3)8-6-12(10,2)7-9-13/h4,6,8,10H,1,5,7,9H2,2-3H3/t10-,12+,13+/m1/s1. The fourth-order valence-corrected chi connectivity index (χ4v) is 2.85. The Morgan fingerprint density at radius 1 is 1.60 bits per heavy atom. The minimum Gasteiger partial charge on any atom is -0.366 e. The van der Waals surface area contributed by atoms with Crippen LogP contribution in [0.1, 0.15) is 26.2 Å². The van der Waals surface area contributed by atoms with Crippen molar-refractivity contribution >= 4 is 5.78 Å². The van der Waals surface area contributed by atoms with E-state index >= 15 is 0 Å². The normalized spacial score (nSPS) is 43.3. The van der Waals surface area contributed by atoms with Crippen LogP contribution in [-0.2, 0) is 9.53 Å². The van der Waals surface area contributed by atoms with E-state index in [1.54, 1.807) is 7.11 Å². The molecule has 3 aliphatic rings. The molecule has 1 fully saturated rings. The second kappa shape index (κ2) is 3.31. The van der Waals surface area contributed by atoms with Gasteiger partial charge in [-0.15, -0.1) is 6.58 Å². The number of fused-ring (bicyclic) bond motifs is 2. The molecule has 2 bridgehead atoms. The molecule has 0 aromatic rings. The first-order valence-electron chi connectivity index (χ1n) is 5.49. The summed E-state index contributed by atoms with van der Waals surface area (Å²) in [5.41, 5.74) is -0.614. The lowest BCUT2D eigenvalue weighted by Gasteiger charge is -2.50. The van der Waals surface area contributed by atoms with Gasteiger partial charge >= 0.3 is 0 Å². The number of hydrogen-bond acceptors (Lipinski definition) is 2. The Bertz CT molecular complexity index is 331. The maximum absolute atomic E-state index is 12.3. The van der Waals surface area contributed by atoms with Gasteiger partial charge in [0.1, 0.15) is 5.60 Å². The number of allylic oxidation sites excluding steroid dienone is 2. The Balaban J connectivity index is 2.41. The van der Waals surface area contributed by atoms with E-state index in [4.69, 9.17) is 4.74 Å². The van der Waals surface area contributed by atoms with E-state index in [1.807, 2.05) is 12.2 Å². The molecule has 3 rings (SSSR count). The van der Waals surface area contributed by atoms with E-state index in [0.717, 1.165) is 19.3 Å². The summed E-state index contributed by atoms with van der Waals surface area (Å²) < 4.78 is 5.43. The third-order valence-corrected chi connectivity index (χ3v) is 4.06. The van der Waals surface area contributed by atoms with Gasteiger partial charge in [-0.05, 0) is 30.8 Å².